The van der Waals surface area contributed by atoms with E-state index in [2.05, 4.69) is 10.3 Å². The molecule has 1 fully saturated rings. The fourth-order valence-electron chi connectivity index (χ4n) is 3.08. The van der Waals surface area contributed by atoms with Gasteiger partial charge in [-0.2, -0.15) is 4.31 Å². The minimum atomic E-state index is -3.48. The molecule has 2 aromatic rings. The maximum Gasteiger partial charge on any atom is 0.252 e. The van der Waals surface area contributed by atoms with Gasteiger partial charge in [0.2, 0.25) is 10.0 Å². The highest BCUT2D eigenvalue weighted by molar-refractivity contribution is 7.92. The lowest BCUT2D eigenvalue weighted by Crippen LogP contribution is -2.43. The number of hydrogen-bond donors (Lipinski definition) is 1. The van der Waals surface area contributed by atoms with E-state index in [9.17, 15) is 13.2 Å². The monoisotopic (exact) mass is 385 g/mol. The molecule has 6 nitrogen and oxygen atoms in total. The van der Waals surface area contributed by atoms with Gasteiger partial charge >= 0.3 is 0 Å². The quantitative estimate of drug-likeness (QED) is 0.829. The van der Waals surface area contributed by atoms with Gasteiger partial charge in [-0.3, -0.25) is 9.78 Å². The molecule has 0 saturated carbocycles. The number of rotatable bonds is 6. The van der Waals surface area contributed by atoms with E-state index in [0.29, 0.717) is 25.2 Å². The molecule has 1 aliphatic heterocycles. The van der Waals surface area contributed by atoms with Crippen LogP contribution in [0.15, 0.2) is 60.3 Å². The van der Waals surface area contributed by atoms with Crippen LogP contribution in [0, 0.1) is 5.92 Å². The number of aromatic nitrogens is 1. The Morgan fingerprint density at radius 1 is 1.22 bits per heavy atom. The minimum Gasteiger partial charge on any atom is -0.352 e. The Morgan fingerprint density at radius 3 is 2.78 bits per heavy atom. The van der Waals surface area contributed by atoms with Crippen LogP contribution in [0.1, 0.15) is 28.8 Å². The normalized spacial score (nSPS) is 18.4. The van der Waals surface area contributed by atoms with Gasteiger partial charge in [-0.25, -0.2) is 8.42 Å². The average molecular weight is 385 g/mol. The largest absolute Gasteiger partial charge is 0.352 e. The smallest absolute Gasteiger partial charge is 0.252 e. The summed E-state index contributed by atoms with van der Waals surface area (Å²) in [5.41, 5.74) is 1.35. The molecule has 1 aliphatic rings. The number of carbonyl (C=O) groups is 1. The Balaban J connectivity index is 1.57. The first-order valence-electron chi connectivity index (χ1n) is 8.96. The number of nitrogens with zero attached hydrogens (tertiary/aromatic N) is 2. The number of piperidine rings is 1. The zero-order chi connectivity index (χ0) is 19.1. The summed E-state index contributed by atoms with van der Waals surface area (Å²) in [6, 6.07) is 12.8. The van der Waals surface area contributed by atoms with Crippen molar-refractivity contribution in [1.29, 1.82) is 0 Å². The molecule has 1 N–H and O–H groups in total. The molecule has 27 heavy (non-hydrogen) atoms. The molecule has 1 aromatic carbocycles. The van der Waals surface area contributed by atoms with E-state index in [1.54, 1.807) is 24.4 Å². The van der Waals surface area contributed by atoms with Crippen LogP contribution in [0.2, 0.25) is 0 Å². The molecule has 1 saturated heterocycles. The molecular weight excluding hydrogens is 362 g/mol. The lowest BCUT2D eigenvalue weighted by atomic mass is 9.99. The zero-order valence-electron chi connectivity index (χ0n) is 15.0. The van der Waals surface area contributed by atoms with Crippen LogP contribution in [-0.2, 0) is 10.0 Å². The first-order valence-corrected chi connectivity index (χ1v) is 10.5. The summed E-state index contributed by atoms with van der Waals surface area (Å²) in [6.07, 6.45) is 6.42. The van der Waals surface area contributed by atoms with Crippen LogP contribution >= 0.6 is 0 Å². The van der Waals surface area contributed by atoms with Gasteiger partial charge in [-0.05, 0) is 42.5 Å². The van der Waals surface area contributed by atoms with Crippen LogP contribution in [0.25, 0.3) is 6.08 Å². The lowest BCUT2D eigenvalue weighted by molar-refractivity contribution is 0.0941. The molecule has 1 aromatic heterocycles. The molecular formula is C20H23N3O3S. The Hall–Kier alpha value is -2.51. The summed E-state index contributed by atoms with van der Waals surface area (Å²) in [5.74, 6) is -0.0914. The predicted molar refractivity (Wildman–Crippen MR) is 105 cm³/mol. The number of nitrogens with one attached hydrogen (secondary N) is 1. The number of hydrogen-bond acceptors (Lipinski definition) is 4. The molecule has 7 heteroatoms. The highest BCUT2D eigenvalue weighted by atomic mass is 32.2. The highest BCUT2D eigenvalue weighted by Gasteiger charge is 2.27. The molecule has 2 heterocycles. The second-order valence-corrected chi connectivity index (χ2v) is 8.39. The SMILES string of the molecule is O=C(NCC1CCCN(S(=O)(=O)C=Cc2ccccc2)C1)c1cccnc1. The van der Waals surface area contributed by atoms with Crippen LogP contribution in [0.3, 0.4) is 0 Å². The van der Waals surface area contributed by atoms with E-state index in [4.69, 9.17) is 0 Å². The first kappa shape index (κ1) is 19.3. The van der Waals surface area contributed by atoms with Crippen molar-refractivity contribution >= 4 is 22.0 Å². The van der Waals surface area contributed by atoms with Crippen molar-refractivity contribution in [2.45, 2.75) is 12.8 Å². The lowest BCUT2D eigenvalue weighted by Gasteiger charge is -2.31. The van der Waals surface area contributed by atoms with E-state index in [0.717, 1.165) is 18.4 Å². The second-order valence-electron chi connectivity index (χ2n) is 6.58. The number of pyridine rings is 1. The first-order chi connectivity index (χ1) is 13.0. The minimum absolute atomic E-state index is 0.0965. The van der Waals surface area contributed by atoms with Crippen LogP contribution in [0.4, 0.5) is 0 Å². The summed E-state index contributed by atoms with van der Waals surface area (Å²) < 4.78 is 26.7. The van der Waals surface area contributed by atoms with Gasteiger partial charge in [0.25, 0.3) is 5.91 Å². The van der Waals surface area contributed by atoms with Gasteiger partial charge < -0.3 is 5.32 Å². The summed E-state index contributed by atoms with van der Waals surface area (Å²) >= 11 is 0. The van der Waals surface area contributed by atoms with Crippen LogP contribution in [0.5, 0.6) is 0 Å². The Morgan fingerprint density at radius 2 is 2.04 bits per heavy atom. The third kappa shape index (κ3) is 5.48. The second kappa shape index (κ2) is 8.92. The molecule has 0 bridgehead atoms. The molecule has 1 atom stereocenters. The number of benzene rings is 1. The van der Waals surface area contributed by atoms with E-state index in [-0.39, 0.29) is 11.8 Å². The summed E-state index contributed by atoms with van der Waals surface area (Å²) in [5, 5.41) is 4.14. The topological polar surface area (TPSA) is 79.4 Å². The van der Waals surface area contributed by atoms with Gasteiger partial charge in [0.1, 0.15) is 0 Å². The predicted octanol–water partition coefficient (Wildman–Crippen LogP) is 2.52. The van der Waals surface area contributed by atoms with E-state index in [1.165, 1.54) is 15.9 Å². The van der Waals surface area contributed by atoms with Crippen molar-refractivity contribution in [3.8, 4) is 0 Å². The van der Waals surface area contributed by atoms with Gasteiger partial charge in [-0.1, -0.05) is 30.3 Å². The van der Waals surface area contributed by atoms with Crippen molar-refractivity contribution in [3.63, 3.8) is 0 Å². The third-order valence-electron chi connectivity index (χ3n) is 4.55. The number of carbonyl (C=O) groups excluding carboxylic acids is 1. The zero-order valence-corrected chi connectivity index (χ0v) is 15.8. The molecule has 1 amide bonds. The van der Waals surface area contributed by atoms with Crippen molar-refractivity contribution in [2.75, 3.05) is 19.6 Å². The van der Waals surface area contributed by atoms with Gasteiger partial charge in [0.15, 0.2) is 0 Å². The third-order valence-corrected chi connectivity index (χ3v) is 6.08. The fourth-order valence-corrected chi connectivity index (χ4v) is 4.38. The molecule has 0 aliphatic carbocycles. The Bertz CT molecular complexity index is 883. The van der Waals surface area contributed by atoms with Gasteiger partial charge in [-0.15, -0.1) is 0 Å². The molecule has 0 radical (unpaired) electrons. The van der Waals surface area contributed by atoms with E-state index < -0.39 is 10.0 Å². The molecule has 1 unspecified atom stereocenters. The fraction of sp³-hybridized carbons (Fsp3) is 0.300. The molecule has 0 spiro atoms. The maximum absolute atomic E-state index is 12.6. The highest BCUT2D eigenvalue weighted by Crippen LogP contribution is 2.20. The van der Waals surface area contributed by atoms with Crippen LogP contribution in [-0.4, -0.2) is 43.2 Å². The summed E-state index contributed by atoms with van der Waals surface area (Å²) in [7, 11) is -3.48. The van der Waals surface area contributed by atoms with E-state index >= 15 is 0 Å². The van der Waals surface area contributed by atoms with Crippen molar-refractivity contribution < 1.29 is 13.2 Å². The van der Waals surface area contributed by atoms with Crippen molar-refractivity contribution in [1.82, 2.24) is 14.6 Å². The van der Waals surface area contributed by atoms with Crippen LogP contribution < -0.4 is 5.32 Å². The van der Waals surface area contributed by atoms with Gasteiger partial charge in [0.05, 0.1) is 5.56 Å². The molecule has 3 rings (SSSR count). The molecule has 142 valence electrons. The summed E-state index contributed by atoms with van der Waals surface area (Å²) in [4.78, 5) is 16.1. The standard InChI is InChI=1S/C20H23N3O3S/c24-20(19-9-4-11-21-15-19)22-14-18-8-5-12-23(16-18)27(25,26)13-10-17-6-2-1-3-7-17/h1-4,6-7,9-11,13,15,18H,5,8,12,14,16H2,(H,22,24). The maximum atomic E-state index is 12.6. The number of sulfonamides is 1. The van der Waals surface area contributed by atoms with E-state index in [1.807, 2.05) is 30.3 Å². The average Bonchev–Trinajstić information content (AvgIpc) is 2.72. The summed E-state index contributed by atoms with van der Waals surface area (Å²) in [6.45, 7) is 1.37. The van der Waals surface area contributed by atoms with Crippen molar-refractivity contribution in [2.24, 2.45) is 5.92 Å². The Kier molecular flexibility index (Phi) is 6.36. The number of amides is 1. The van der Waals surface area contributed by atoms with Crippen molar-refractivity contribution in [3.05, 3.63) is 71.4 Å². The van der Waals surface area contributed by atoms with Gasteiger partial charge in [0, 0.05) is 37.4 Å². The Labute approximate surface area is 160 Å².